The molecule has 21 heavy (non-hydrogen) atoms. The fourth-order valence-electron chi connectivity index (χ4n) is 2.20. The quantitative estimate of drug-likeness (QED) is 0.766. The van der Waals surface area contributed by atoms with E-state index in [9.17, 15) is 0 Å². The van der Waals surface area contributed by atoms with Crippen molar-refractivity contribution in [2.75, 3.05) is 5.75 Å². The van der Waals surface area contributed by atoms with Crippen LogP contribution in [0.15, 0.2) is 35.5 Å². The number of nitrogens with zero attached hydrogens (tertiary/aromatic N) is 4. The SMILES string of the molecule is C[C@H](C#N)CSc1nnc(C2CC2)n1Cc1ccccc1. The van der Waals surface area contributed by atoms with Crippen LogP contribution in [0.4, 0.5) is 0 Å². The van der Waals surface area contributed by atoms with Crippen LogP contribution in [0.2, 0.25) is 0 Å². The van der Waals surface area contributed by atoms with Crippen LogP contribution in [0.1, 0.15) is 37.1 Å². The smallest absolute Gasteiger partial charge is 0.191 e. The summed E-state index contributed by atoms with van der Waals surface area (Å²) in [5, 5.41) is 18.6. The molecule has 5 heteroatoms. The fourth-order valence-corrected chi connectivity index (χ4v) is 3.09. The van der Waals surface area contributed by atoms with Gasteiger partial charge in [0, 0.05) is 11.7 Å². The Kier molecular flexibility index (Phi) is 4.26. The van der Waals surface area contributed by atoms with Crippen molar-refractivity contribution in [2.24, 2.45) is 5.92 Å². The molecular formula is C16H18N4S. The largest absolute Gasteiger partial charge is 0.301 e. The topological polar surface area (TPSA) is 54.5 Å². The third kappa shape index (κ3) is 3.45. The maximum atomic E-state index is 8.91. The first-order valence-electron chi connectivity index (χ1n) is 7.27. The highest BCUT2D eigenvalue weighted by Gasteiger charge is 2.30. The summed E-state index contributed by atoms with van der Waals surface area (Å²) in [6, 6.07) is 12.7. The van der Waals surface area contributed by atoms with E-state index in [4.69, 9.17) is 5.26 Å². The average molecular weight is 298 g/mol. The van der Waals surface area contributed by atoms with E-state index in [1.165, 1.54) is 18.4 Å². The maximum absolute atomic E-state index is 8.91. The molecule has 1 fully saturated rings. The summed E-state index contributed by atoms with van der Waals surface area (Å²) in [4.78, 5) is 0. The second-order valence-corrected chi connectivity index (χ2v) is 6.52. The Bertz CT molecular complexity index is 640. The Morgan fingerprint density at radius 2 is 2.10 bits per heavy atom. The van der Waals surface area contributed by atoms with Crippen molar-refractivity contribution in [1.82, 2.24) is 14.8 Å². The predicted molar refractivity (Wildman–Crippen MR) is 83.0 cm³/mol. The Morgan fingerprint density at radius 3 is 2.76 bits per heavy atom. The van der Waals surface area contributed by atoms with Gasteiger partial charge in [-0.3, -0.25) is 0 Å². The number of hydrogen-bond donors (Lipinski definition) is 0. The Balaban J connectivity index is 1.81. The van der Waals surface area contributed by atoms with Crippen molar-refractivity contribution in [3.8, 4) is 6.07 Å². The highest BCUT2D eigenvalue weighted by atomic mass is 32.2. The molecule has 1 aromatic carbocycles. The van der Waals surface area contributed by atoms with Gasteiger partial charge in [-0.1, -0.05) is 42.1 Å². The second kappa shape index (κ2) is 6.31. The first kappa shape index (κ1) is 14.2. The van der Waals surface area contributed by atoms with Gasteiger partial charge in [0.1, 0.15) is 5.82 Å². The molecule has 0 bridgehead atoms. The van der Waals surface area contributed by atoms with Gasteiger partial charge >= 0.3 is 0 Å². The van der Waals surface area contributed by atoms with Crippen LogP contribution in [0.25, 0.3) is 0 Å². The highest BCUT2D eigenvalue weighted by molar-refractivity contribution is 7.99. The normalized spacial score (nSPS) is 15.6. The lowest BCUT2D eigenvalue weighted by Gasteiger charge is -2.10. The molecule has 1 heterocycles. The summed E-state index contributed by atoms with van der Waals surface area (Å²) in [7, 11) is 0. The molecule has 4 nitrogen and oxygen atoms in total. The lowest BCUT2D eigenvalue weighted by molar-refractivity contribution is 0.666. The number of aromatic nitrogens is 3. The van der Waals surface area contributed by atoms with E-state index in [2.05, 4.69) is 45.1 Å². The van der Waals surface area contributed by atoms with Crippen LogP contribution in [0.3, 0.4) is 0 Å². The molecule has 1 saturated carbocycles. The first-order valence-corrected chi connectivity index (χ1v) is 8.26. The van der Waals surface area contributed by atoms with Crippen LogP contribution < -0.4 is 0 Å². The molecule has 0 N–H and O–H groups in total. The van der Waals surface area contributed by atoms with E-state index >= 15 is 0 Å². The molecule has 0 radical (unpaired) electrons. The molecule has 0 unspecified atom stereocenters. The van der Waals surface area contributed by atoms with Crippen LogP contribution in [0.5, 0.6) is 0 Å². The van der Waals surface area contributed by atoms with Gasteiger partial charge in [0.25, 0.3) is 0 Å². The molecule has 0 saturated heterocycles. The zero-order chi connectivity index (χ0) is 14.7. The zero-order valence-corrected chi connectivity index (χ0v) is 12.9. The van der Waals surface area contributed by atoms with E-state index in [-0.39, 0.29) is 5.92 Å². The molecule has 1 aromatic heterocycles. The molecule has 3 rings (SSSR count). The first-order chi connectivity index (χ1) is 10.3. The molecule has 0 aliphatic heterocycles. The van der Waals surface area contributed by atoms with E-state index in [1.54, 1.807) is 11.8 Å². The zero-order valence-electron chi connectivity index (χ0n) is 12.1. The third-order valence-electron chi connectivity index (χ3n) is 3.55. The number of nitriles is 1. The monoisotopic (exact) mass is 298 g/mol. The van der Waals surface area contributed by atoms with Crippen molar-refractivity contribution in [2.45, 2.75) is 37.4 Å². The third-order valence-corrected chi connectivity index (χ3v) is 4.78. The minimum atomic E-state index is 0.0289. The Labute approximate surface area is 129 Å². The summed E-state index contributed by atoms with van der Waals surface area (Å²) >= 11 is 1.63. The van der Waals surface area contributed by atoms with Crippen LogP contribution in [-0.4, -0.2) is 20.5 Å². The minimum Gasteiger partial charge on any atom is -0.301 e. The Morgan fingerprint density at radius 1 is 1.33 bits per heavy atom. The lowest BCUT2D eigenvalue weighted by atomic mass is 10.2. The van der Waals surface area contributed by atoms with Crippen molar-refractivity contribution in [3.05, 3.63) is 41.7 Å². The molecule has 108 valence electrons. The van der Waals surface area contributed by atoms with E-state index < -0.39 is 0 Å². The van der Waals surface area contributed by atoms with E-state index in [0.717, 1.165) is 23.3 Å². The van der Waals surface area contributed by atoms with Crippen molar-refractivity contribution >= 4 is 11.8 Å². The number of hydrogen-bond acceptors (Lipinski definition) is 4. The van der Waals surface area contributed by atoms with Gasteiger partial charge in [-0.05, 0) is 25.3 Å². The van der Waals surface area contributed by atoms with Gasteiger partial charge in [-0.25, -0.2) is 0 Å². The van der Waals surface area contributed by atoms with E-state index in [0.29, 0.717) is 5.92 Å². The van der Waals surface area contributed by atoms with Crippen molar-refractivity contribution in [3.63, 3.8) is 0 Å². The molecule has 1 atom stereocenters. The summed E-state index contributed by atoms with van der Waals surface area (Å²) in [6.07, 6.45) is 2.43. The lowest BCUT2D eigenvalue weighted by Crippen LogP contribution is -2.06. The Hall–Kier alpha value is -1.80. The standard InChI is InChI=1S/C16H18N4S/c1-12(9-17)11-21-16-19-18-15(14-7-8-14)20(16)10-13-5-3-2-4-6-13/h2-6,12,14H,7-8,10-11H2,1H3/t12-/m1/s1. The van der Waals surface area contributed by atoms with Crippen LogP contribution in [0, 0.1) is 17.2 Å². The molecular weight excluding hydrogens is 280 g/mol. The second-order valence-electron chi connectivity index (χ2n) is 5.53. The molecule has 0 spiro atoms. The van der Waals surface area contributed by atoms with E-state index in [1.807, 2.05) is 13.0 Å². The summed E-state index contributed by atoms with van der Waals surface area (Å²) in [6.45, 7) is 2.75. The number of benzene rings is 1. The fraction of sp³-hybridized carbons (Fsp3) is 0.438. The average Bonchev–Trinajstić information content (AvgIpc) is 3.29. The number of thioether (sulfide) groups is 1. The van der Waals surface area contributed by atoms with Gasteiger partial charge in [0.2, 0.25) is 0 Å². The minimum absolute atomic E-state index is 0.0289. The highest BCUT2D eigenvalue weighted by Crippen LogP contribution is 2.40. The molecule has 2 aromatic rings. The summed E-state index contributed by atoms with van der Waals surface area (Å²) in [5.74, 6) is 2.46. The summed E-state index contributed by atoms with van der Waals surface area (Å²) < 4.78 is 2.22. The van der Waals surface area contributed by atoms with Crippen molar-refractivity contribution in [1.29, 1.82) is 5.26 Å². The van der Waals surface area contributed by atoms with Crippen LogP contribution in [-0.2, 0) is 6.54 Å². The predicted octanol–water partition coefficient (Wildman–Crippen LogP) is 3.46. The van der Waals surface area contributed by atoms with Gasteiger partial charge in [-0.2, -0.15) is 5.26 Å². The van der Waals surface area contributed by atoms with Gasteiger partial charge < -0.3 is 4.57 Å². The maximum Gasteiger partial charge on any atom is 0.191 e. The molecule has 0 amide bonds. The van der Waals surface area contributed by atoms with Gasteiger partial charge in [0.15, 0.2) is 5.16 Å². The number of rotatable bonds is 6. The van der Waals surface area contributed by atoms with Crippen molar-refractivity contribution < 1.29 is 0 Å². The van der Waals surface area contributed by atoms with Gasteiger partial charge in [0.05, 0.1) is 18.5 Å². The van der Waals surface area contributed by atoms with Crippen LogP contribution >= 0.6 is 11.8 Å². The summed E-state index contributed by atoms with van der Waals surface area (Å²) in [5.41, 5.74) is 1.26. The van der Waals surface area contributed by atoms with Gasteiger partial charge in [-0.15, -0.1) is 10.2 Å². The molecule has 1 aliphatic rings. The molecule has 1 aliphatic carbocycles.